The summed E-state index contributed by atoms with van der Waals surface area (Å²) in [6.07, 6.45) is 2.29. The molecule has 0 aromatic carbocycles. The summed E-state index contributed by atoms with van der Waals surface area (Å²) >= 11 is 1.48. The molecule has 2 rings (SSSR count). The van der Waals surface area contributed by atoms with Gasteiger partial charge in [0.1, 0.15) is 0 Å². The van der Waals surface area contributed by atoms with Crippen molar-refractivity contribution in [2.45, 2.75) is 11.6 Å². The SMILES string of the molecule is CSc1nc(N2CC(CO)CC2=O)nn1C. The number of aromatic nitrogens is 3. The number of carbonyl (C=O) groups excluding carboxylic acids is 1. The van der Waals surface area contributed by atoms with Crippen molar-refractivity contribution in [2.75, 3.05) is 24.3 Å². The fourth-order valence-electron chi connectivity index (χ4n) is 1.75. The normalized spacial score (nSPS) is 20.8. The van der Waals surface area contributed by atoms with Gasteiger partial charge in [0.15, 0.2) is 5.16 Å². The quantitative estimate of drug-likeness (QED) is 0.748. The molecule has 0 radical (unpaired) electrons. The Kier molecular flexibility index (Phi) is 3.15. The molecule has 1 unspecified atom stereocenters. The Labute approximate surface area is 97.6 Å². The minimum Gasteiger partial charge on any atom is -0.396 e. The molecule has 1 aromatic heterocycles. The number of carbonyl (C=O) groups is 1. The topological polar surface area (TPSA) is 71.2 Å². The van der Waals surface area contributed by atoms with Crippen LogP contribution in [0.15, 0.2) is 5.16 Å². The minimum absolute atomic E-state index is 0.00837. The van der Waals surface area contributed by atoms with E-state index in [9.17, 15) is 4.79 Å². The van der Waals surface area contributed by atoms with E-state index in [2.05, 4.69) is 10.1 Å². The van der Waals surface area contributed by atoms with Crippen molar-refractivity contribution >= 4 is 23.6 Å². The minimum atomic E-state index is -0.0164. The Hall–Kier alpha value is -1.08. The highest BCUT2D eigenvalue weighted by atomic mass is 32.2. The first-order valence-electron chi connectivity index (χ1n) is 5.02. The van der Waals surface area contributed by atoms with Crippen LogP contribution < -0.4 is 4.90 Å². The predicted octanol–water partition coefficient (Wildman–Crippen LogP) is -0.118. The van der Waals surface area contributed by atoms with Crippen molar-refractivity contribution in [3.8, 4) is 0 Å². The molecule has 1 aromatic rings. The summed E-state index contributed by atoms with van der Waals surface area (Å²) in [5.41, 5.74) is 0. The van der Waals surface area contributed by atoms with Crippen molar-refractivity contribution < 1.29 is 9.90 Å². The Balaban J connectivity index is 2.21. The second-order valence-corrected chi connectivity index (χ2v) is 4.55. The first kappa shape index (κ1) is 11.4. The highest BCUT2D eigenvalue weighted by Crippen LogP contribution is 2.23. The van der Waals surface area contributed by atoms with E-state index in [0.29, 0.717) is 18.9 Å². The van der Waals surface area contributed by atoms with E-state index in [1.165, 1.54) is 11.8 Å². The molecule has 0 saturated carbocycles. The van der Waals surface area contributed by atoms with Crippen LogP contribution in [0.25, 0.3) is 0 Å². The van der Waals surface area contributed by atoms with Gasteiger partial charge in [0.05, 0.1) is 0 Å². The standard InChI is InChI=1S/C9H14N4O2S/c1-12-9(16-2)10-8(11-12)13-4-6(5-14)3-7(13)15/h6,14H,3-5H2,1-2H3. The molecule has 0 spiro atoms. The van der Waals surface area contributed by atoms with Gasteiger partial charge >= 0.3 is 0 Å². The van der Waals surface area contributed by atoms with E-state index < -0.39 is 0 Å². The second-order valence-electron chi connectivity index (χ2n) is 3.78. The van der Waals surface area contributed by atoms with Crippen LogP contribution in [0.1, 0.15) is 6.42 Å². The lowest BCUT2D eigenvalue weighted by molar-refractivity contribution is -0.117. The van der Waals surface area contributed by atoms with Crippen molar-refractivity contribution in [1.82, 2.24) is 14.8 Å². The number of aliphatic hydroxyl groups excluding tert-OH is 1. The van der Waals surface area contributed by atoms with E-state index in [-0.39, 0.29) is 18.4 Å². The largest absolute Gasteiger partial charge is 0.396 e. The van der Waals surface area contributed by atoms with Crippen molar-refractivity contribution in [1.29, 1.82) is 0 Å². The third-order valence-electron chi connectivity index (χ3n) is 2.60. The summed E-state index contributed by atoms with van der Waals surface area (Å²) in [6.45, 7) is 0.539. The third kappa shape index (κ3) is 1.92. The number of amides is 1. The highest BCUT2D eigenvalue weighted by molar-refractivity contribution is 7.98. The fourth-order valence-corrected chi connectivity index (χ4v) is 2.22. The summed E-state index contributed by atoms with van der Waals surface area (Å²) in [5, 5.41) is 14.0. The van der Waals surface area contributed by atoms with Gasteiger partial charge in [0.2, 0.25) is 5.91 Å². The van der Waals surface area contributed by atoms with Crippen LogP contribution in [-0.4, -0.2) is 45.2 Å². The lowest BCUT2D eigenvalue weighted by atomic mass is 10.1. The zero-order chi connectivity index (χ0) is 11.7. The summed E-state index contributed by atoms with van der Waals surface area (Å²) < 4.78 is 1.65. The van der Waals surface area contributed by atoms with Gasteiger partial charge in [-0.2, -0.15) is 4.98 Å². The average Bonchev–Trinajstić information content (AvgIpc) is 2.81. The average molecular weight is 242 g/mol. The number of thioether (sulfide) groups is 1. The van der Waals surface area contributed by atoms with Crippen molar-refractivity contribution in [3.63, 3.8) is 0 Å². The molecule has 1 atom stereocenters. The lowest BCUT2D eigenvalue weighted by Gasteiger charge is -2.10. The van der Waals surface area contributed by atoms with E-state index in [1.54, 1.807) is 16.6 Å². The van der Waals surface area contributed by atoms with Crippen LogP contribution in [0.3, 0.4) is 0 Å². The number of hydrogen-bond acceptors (Lipinski definition) is 5. The van der Waals surface area contributed by atoms with Crippen LogP contribution in [0.5, 0.6) is 0 Å². The first-order chi connectivity index (χ1) is 7.65. The van der Waals surface area contributed by atoms with Gasteiger partial charge in [0.25, 0.3) is 5.95 Å². The highest BCUT2D eigenvalue weighted by Gasteiger charge is 2.32. The van der Waals surface area contributed by atoms with Crippen LogP contribution in [0.4, 0.5) is 5.95 Å². The first-order valence-corrected chi connectivity index (χ1v) is 6.24. The van der Waals surface area contributed by atoms with E-state index in [4.69, 9.17) is 5.11 Å². The smallest absolute Gasteiger partial charge is 0.252 e. The maximum atomic E-state index is 11.7. The van der Waals surface area contributed by atoms with Crippen molar-refractivity contribution in [3.05, 3.63) is 0 Å². The van der Waals surface area contributed by atoms with E-state index >= 15 is 0 Å². The molecule has 2 heterocycles. The molecule has 6 nitrogen and oxygen atoms in total. The monoisotopic (exact) mass is 242 g/mol. The molecule has 7 heteroatoms. The van der Waals surface area contributed by atoms with Gasteiger partial charge in [-0.25, -0.2) is 4.68 Å². The molecule has 88 valence electrons. The van der Waals surface area contributed by atoms with Gasteiger partial charge in [-0.1, -0.05) is 11.8 Å². The fraction of sp³-hybridized carbons (Fsp3) is 0.667. The Morgan fingerprint density at radius 2 is 2.38 bits per heavy atom. The maximum Gasteiger partial charge on any atom is 0.252 e. The van der Waals surface area contributed by atoms with Gasteiger partial charge in [-0.15, -0.1) is 5.10 Å². The summed E-state index contributed by atoms with van der Waals surface area (Å²) in [6, 6.07) is 0. The van der Waals surface area contributed by atoms with Crippen LogP contribution in [0.2, 0.25) is 0 Å². The summed E-state index contributed by atoms with van der Waals surface area (Å²) in [4.78, 5) is 17.5. The zero-order valence-corrected chi connectivity index (χ0v) is 10.1. The van der Waals surface area contributed by atoms with Gasteiger partial charge < -0.3 is 5.11 Å². The maximum absolute atomic E-state index is 11.7. The van der Waals surface area contributed by atoms with Gasteiger partial charge in [-0.05, 0) is 6.26 Å². The van der Waals surface area contributed by atoms with E-state index in [0.717, 1.165) is 5.16 Å². The Morgan fingerprint density at radius 3 is 2.88 bits per heavy atom. The third-order valence-corrected chi connectivity index (χ3v) is 3.32. The molecule has 1 amide bonds. The number of rotatable bonds is 3. The Bertz CT molecular complexity index is 406. The molecule has 1 saturated heterocycles. The number of hydrogen-bond donors (Lipinski definition) is 1. The number of nitrogens with zero attached hydrogens (tertiary/aromatic N) is 4. The van der Waals surface area contributed by atoms with Gasteiger partial charge in [-0.3, -0.25) is 9.69 Å². The van der Waals surface area contributed by atoms with Crippen LogP contribution >= 0.6 is 11.8 Å². The molecular weight excluding hydrogens is 228 g/mol. The molecule has 16 heavy (non-hydrogen) atoms. The van der Waals surface area contributed by atoms with Crippen LogP contribution in [-0.2, 0) is 11.8 Å². The zero-order valence-electron chi connectivity index (χ0n) is 9.25. The van der Waals surface area contributed by atoms with Gasteiger partial charge in [0, 0.05) is 32.5 Å². The predicted molar refractivity (Wildman–Crippen MR) is 60.3 cm³/mol. The molecule has 1 fully saturated rings. The molecule has 0 aliphatic carbocycles. The summed E-state index contributed by atoms with van der Waals surface area (Å²) in [7, 11) is 1.80. The van der Waals surface area contributed by atoms with Crippen LogP contribution in [0, 0.1) is 5.92 Å². The second kappa shape index (κ2) is 4.42. The number of aliphatic hydroxyl groups is 1. The molecule has 1 aliphatic heterocycles. The molecular formula is C9H14N4O2S. The molecule has 0 bridgehead atoms. The molecule has 1 aliphatic rings. The molecule has 1 N–H and O–H groups in total. The van der Waals surface area contributed by atoms with Crippen molar-refractivity contribution in [2.24, 2.45) is 13.0 Å². The number of anilines is 1. The summed E-state index contributed by atoms with van der Waals surface area (Å²) in [5.74, 6) is 0.430. The lowest BCUT2D eigenvalue weighted by Crippen LogP contribution is -2.26. The van der Waals surface area contributed by atoms with E-state index in [1.807, 2.05) is 6.26 Å². The Morgan fingerprint density at radius 1 is 1.62 bits per heavy atom. The number of aryl methyl sites for hydroxylation is 1.